The highest BCUT2D eigenvalue weighted by molar-refractivity contribution is 5.90. The van der Waals surface area contributed by atoms with Crippen LogP contribution in [0.25, 0.3) is 28.0 Å². The first-order valence-corrected chi connectivity index (χ1v) is 11.7. The van der Waals surface area contributed by atoms with E-state index in [1.54, 1.807) is 36.9 Å². The largest absolute Gasteiger partial charge is 0.324 e. The lowest BCUT2D eigenvalue weighted by Crippen LogP contribution is -2.38. The van der Waals surface area contributed by atoms with Crippen LogP contribution in [-0.4, -0.2) is 36.3 Å². The predicted octanol–water partition coefficient (Wildman–Crippen LogP) is 3.76. The second-order valence-corrected chi connectivity index (χ2v) is 9.43. The molecule has 0 spiro atoms. The van der Waals surface area contributed by atoms with Crippen molar-refractivity contribution >= 4 is 22.5 Å². The van der Waals surface area contributed by atoms with Crippen LogP contribution in [0.2, 0.25) is 0 Å². The molecule has 9 nitrogen and oxygen atoms in total. The smallest absolute Gasteiger partial charge is 0.282 e. The zero-order valence-electron chi connectivity index (χ0n) is 19.9. The van der Waals surface area contributed by atoms with Gasteiger partial charge in [-0.3, -0.25) is 14.8 Å². The molecule has 6 rings (SSSR count). The van der Waals surface area contributed by atoms with E-state index in [0.717, 1.165) is 18.8 Å². The maximum absolute atomic E-state index is 13.4. The van der Waals surface area contributed by atoms with Crippen molar-refractivity contribution in [3.63, 3.8) is 0 Å². The molecule has 1 aromatic carbocycles. The lowest BCUT2D eigenvalue weighted by Gasteiger charge is -2.33. The van der Waals surface area contributed by atoms with Gasteiger partial charge in [-0.25, -0.2) is 9.97 Å². The Morgan fingerprint density at radius 1 is 1.03 bits per heavy atom. The van der Waals surface area contributed by atoms with E-state index in [1.165, 1.54) is 15.8 Å². The number of hydrogen-bond donors (Lipinski definition) is 2. The third kappa shape index (κ3) is 3.89. The van der Waals surface area contributed by atoms with Gasteiger partial charge in [0.2, 0.25) is 5.95 Å². The minimum atomic E-state index is -0.315. The Morgan fingerprint density at radius 2 is 1.89 bits per heavy atom. The third-order valence-electron chi connectivity index (χ3n) is 6.42. The van der Waals surface area contributed by atoms with Crippen molar-refractivity contribution in [2.75, 3.05) is 11.9 Å². The highest BCUT2D eigenvalue weighted by atomic mass is 16.1. The van der Waals surface area contributed by atoms with Gasteiger partial charge in [-0.1, -0.05) is 26.0 Å². The van der Waals surface area contributed by atoms with E-state index in [0.29, 0.717) is 33.9 Å². The van der Waals surface area contributed by atoms with Crippen LogP contribution in [0.15, 0.2) is 78.1 Å². The number of nitrogens with one attached hydrogen (secondary N) is 2. The zero-order chi connectivity index (χ0) is 24.7. The van der Waals surface area contributed by atoms with E-state index in [9.17, 15) is 4.79 Å². The van der Waals surface area contributed by atoms with Gasteiger partial charge < -0.3 is 10.6 Å². The van der Waals surface area contributed by atoms with E-state index in [4.69, 9.17) is 4.98 Å². The van der Waals surface area contributed by atoms with Crippen molar-refractivity contribution in [2.24, 2.45) is 0 Å². The van der Waals surface area contributed by atoms with Crippen molar-refractivity contribution in [3.05, 3.63) is 94.8 Å². The summed E-state index contributed by atoms with van der Waals surface area (Å²) in [6, 6.07) is 15.3. The van der Waals surface area contributed by atoms with Crippen LogP contribution in [0.4, 0.5) is 11.6 Å². The number of fused-ring (bicyclic) bond motifs is 2. The minimum absolute atomic E-state index is 0.0730. The summed E-state index contributed by atoms with van der Waals surface area (Å²) in [5.74, 6) is 0.380. The van der Waals surface area contributed by atoms with Crippen LogP contribution in [0.1, 0.15) is 25.0 Å². The highest BCUT2D eigenvalue weighted by Crippen LogP contribution is 2.32. The van der Waals surface area contributed by atoms with E-state index in [1.807, 2.05) is 24.3 Å². The number of anilines is 2. The second-order valence-electron chi connectivity index (χ2n) is 9.43. The molecule has 1 aliphatic rings. The molecule has 0 saturated heterocycles. The Morgan fingerprint density at radius 3 is 2.69 bits per heavy atom. The monoisotopic (exact) mass is 476 g/mol. The van der Waals surface area contributed by atoms with Crippen LogP contribution in [0, 0.1) is 0 Å². The molecule has 0 radical (unpaired) electrons. The summed E-state index contributed by atoms with van der Waals surface area (Å²) in [5.41, 5.74) is 5.35. The summed E-state index contributed by atoms with van der Waals surface area (Å²) in [6.45, 7) is 6.24. The van der Waals surface area contributed by atoms with Gasteiger partial charge >= 0.3 is 0 Å². The average Bonchev–Trinajstić information content (AvgIpc) is 2.90. The maximum Gasteiger partial charge on any atom is 0.282 e. The number of benzene rings is 1. The SMILES string of the molecule is CC1(C)CNCc2cc(Nc3ncc4c(=O)n(-c5ccncc5)nc(-c5ccccn5)c4n3)ccc21. The lowest BCUT2D eigenvalue weighted by molar-refractivity contribution is 0.435. The summed E-state index contributed by atoms with van der Waals surface area (Å²) in [7, 11) is 0. The molecule has 0 bridgehead atoms. The summed E-state index contributed by atoms with van der Waals surface area (Å²) >= 11 is 0. The Kier molecular flexibility index (Phi) is 5.26. The first kappa shape index (κ1) is 22.0. The fourth-order valence-corrected chi connectivity index (χ4v) is 4.63. The molecule has 5 aromatic rings. The van der Waals surface area contributed by atoms with Crippen molar-refractivity contribution in [1.82, 2.24) is 35.0 Å². The minimum Gasteiger partial charge on any atom is -0.324 e. The summed E-state index contributed by atoms with van der Waals surface area (Å²) in [4.78, 5) is 31.0. The molecule has 0 unspecified atom stereocenters. The molecule has 0 aliphatic carbocycles. The van der Waals surface area contributed by atoms with Crippen LogP contribution in [-0.2, 0) is 12.0 Å². The molecule has 2 N–H and O–H groups in total. The number of aromatic nitrogens is 6. The molecule has 36 heavy (non-hydrogen) atoms. The second kappa shape index (κ2) is 8.62. The highest BCUT2D eigenvalue weighted by Gasteiger charge is 2.27. The quantitative estimate of drug-likeness (QED) is 0.403. The van der Waals surface area contributed by atoms with Gasteiger partial charge in [-0.2, -0.15) is 9.78 Å². The molecular weight excluding hydrogens is 452 g/mol. The van der Waals surface area contributed by atoms with Crippen LogP contribution in [0.3, 0.4) is 0 Å². The van der Waals surface area contributed by atoms with E-state index in [-0.39, 0.29) is 11.0 Å². The van der Waals surface area contributed by atoms with E-state index < -0.39 is 0 Å². The molecule has 5 heterocycles. The Labute approximate surface area is 207 Å². The van der Waals surface area contributed by atoms with Crippen molar-refractivity contribution in [3.8, 4) is 17.1 Å². The third-order valence-corrected chi connectivity index (χ3v) is 6.42. The summed E-state index contributed by atoms with van der Waals surface area (Å²) < 4.78 is 1.34. The molecule has 0 fully saturated rings. The van der Waals surface area contributed by atoms with Crippen LogP contribution in [0.5, 0.6) is 0 Å². The molecule has 9 heteroatoms. The molecule has 1 aliphatic heterocycles. The number of rotatable bonds is 4. The lowest BCUT2D eigenvalue weighted by atomic mass is 9.79. The fraction of sp³-hybridized carbons (Fsp3) is 0.185. The standard InChI is InChI=1S/C27H24N8O/c1-27(2)16-29-14-17-13-18(6-7-21(17)27)32-26-31-15-20-23(33-26)24(22-5-3-4-10-30-22)34-35(25(20)36)19-8-11-28-12-9-19/h3-13,15,29H,14,16H2,1-2H3,(H,31,32,33). The summed E-state index contributed by atoms with van der Waals surface area (Å²) in [6.07, 6.45) is 6.47. The van der Waals surface area contributed by atoms with Gasteiger partial charge in [0.15, 0.2) is 0 Å². The molecule has 0 amide bonds. The molecule has 178 valence electrons. The molecule has 4 aromatic heterocycles. The number of nitrogens with zero attached hydrogens (tertiary/aromatic N) is 6. The predicted molar refractivity (Wildman–Crippen MR) is 138 cm³/mol. The average molecular weight is 477 g/mol. The normalized spacial score (nSPS) is 14.4. The summed E-state index contributed by atoms with van der Waals surface area (Å²) in [5, 5.41) is 11.8. The Bertz CT molecular complexity index is 1630. The Balaban J connectivity index is 1.47. The van der Waals surface area contributed by atoms with Crippen LogP contribution < -0.4 is 16.2 Å². The number of pyridine rings is 2. The van der Waals surface area contributed by atoms with Gasteiger partial charge in [0.05, 0.1) is 16.8 Å². The topological polar surface area (TPSA) is 111 Å². The van der Waals surface area contributed by atoms with Gasteiger partial charge in [-0.05, 0) is 47.5 Å². The van der Waals surface area contributed by atoms with E-state index >= 15 is 0 Å². The maximum atomic E-state index is 13.4. The van der Waals surface area contributed by atoms with Crippen molar-refractivity contribution < 1.29 is 0 Å². The van der Waals surface area contributed by atoms with Gasteiger partial charge in [0.25, 0.3) is 5.56 Å². The van der Waals surface area contributed by atoms with Gasteiger partial charge in [0.1, 0.15) is 11.2 Å². The fourth-order valence-electron chi connectivity index (χ4n) is 4.63. The van der Waals surface area contributed by atoms with Gasteiger partial charge in [-0.15, -0.1) is 0 Å². The number of hydrogen-bond acceptors (Lipinski definition) is 8. The van der Waals surface area contributed by atoms with Crippen LogP contribution >= 0.6 is 0 Å². The van der Waals surface area contributed by atoms with Crippen molar-refractivity contribution in [1.29, 1.82) is 0 Å². The molecule has 0 atom stereocenters. The Hall–Kier alpha value is -4.50. The first-order chi connectivity index (χ1) is 17.5. The molecular formula is C27H24N8O. The first-order valence-electron chi connectivity index (χ1n) is 11.7. The zero-order valence-corrected chi connectivity index (χ0v) is 19.9. The van der Waals surface area contributed by atoms with Gasteiger partial charge in [0, 0.05) is 49.0 Å². The molecule has 0 saturated carbocycles. The van der Waals surface area contributed by atoms with E-state index in [2.05, 4.69) is 56.7 Å². The van der Waals surface area contributed by atoms with Crippen molar-refractivity contribution in [2.45, 2.75) is 25.8 Å².